The van der Waals surface area contributed by atoms with E-state index in [-0.39, 0.29) is 11.7 Å². The van der Waals surface area contributed by atoms with E-state index in [4.69, 9.17) is 5.73 Å². The van der Waals surface area contributed by atoms with Crippen LogP contribution in [0, 0.1) is 0 Å². The molecule has 16 heavy (non-hydrogen) atoms. The average Bonchev–Trinajstić information content (AvgIpc) is 2.25. The number of primary amides is 1. The summed E-state index contributed by atoms with van der Waals surface area (Å²) in [7, 11) is 0. The molecule has 0 aliphatic heterocycles. The van der Waals surface area contributed by atoms with Gasteiger partial charge in [0.15, 0.2) is 0 Å². The lowest BCUT2D eigenvalue weighted by Crippen LogP contribution is -2.45. The van der Waals surface area contributed by atoms with Crippen LogP contribution >= 0.6 is 12.6 Å². The summed E-state index contributed by atoms with van der Waals surface area (Å²) < 4.78 is 0. The van der Waals surface area contributed by atoms with Gasteiger partial charge in [-0.2, -0.15) is 12.6 Å². The molecule has 0 radical (unpaired) electrons. The zero-order valence-electron chi connectivity index (χ0n) is 9.87. The monoisotopic (exact) mass is 246 g/mol. The molecule has 1 atom stereocenters. The highest BCUT2D eigenvalue weighted by Crippen LogP contribution is 2.04. The highest BCUT2D eigenvalue weighted by atomic mass is 32.1. The zero-order chi connectivity index (χ0) is 12.4. The maximum absolute atomic E-state index is 11.4. The zero-order valence-corrected chi connectivity index (χ0v) is 10.8. The number of carbonyl (C=O) groups excluding carboxylic acids is 2. The lowest BCUT2D eigenvalue weighted by molar-refractivity contribution is -0.126. The third kappa shape index (κ3) is 7.56. The second-order valence-corrected chi connectivity index (χ2v) is 4.23. The molecule has 0 saturated carbocycles. The van der Waals surface area contributed by atoms with Crippen molar-refractivity contribution < 1.29 is 9.59 Å². The molecule has 2 amide bonds. The average molecular weight is 246 g/mol. The highest BCUT2D eigenvalue weighted by molar-refractivity contribution is 7.80. The van der Waals surface area contributed by atoms with Gasteiger partial charge in [0.1, 0.15) is 6.04 Å². The fourth-order valence-corrected chi connectivity index (χ4v) is 1.63. The van der Waals surface area contributed by atoms with Crippen LogP contribution in [-0.4, -0.2) is 23.6 Å². The summed E-state index contributed by atoms with van der Waals surface area (Å²) in [4.78, 5) is 22.2. The van der Waals surface area contributed by atoms with Gasteiger partial charge in [-0.15, -0.1) is 0 Å². The van der Waals surface area contributed by atoms with Gasteiger partial charge in [-0.05, 0) is 6.42 Å². The fourth-order valence-electron chi connectivity index (χ4n) is 1.36. The molecule has 3 N–H and O–H groups in total. The molecular formula is C11H22N2O2S. The van der Waals surface area contributed by atoms with Crippen LogP contribution < -0.4 is 11.1 Å². The van der Waals surface area contributed by atoms with Crippen LogP contribution in [0.25, 0.3) is 0 Å². The Balaban J connectivity index is 3.61. The Labute approximate surface area is 103 Å². The number of rotatable bonds is 9. The Morgan fingerprint density at radius 2 is 1.88 bits per heavy atom. The van der Waals surface area contributed by atoms with Crippen molar-refractivity contribution in [2.45, 2.75) is 51.5 Å². The van der Waals surface area contributed by atoms with Gasteiger partial charge >= 0.3 is 0 Å². The topological polar surface area (TPSA) is 72.2 Å². The number of amides is 2. The lowest BCUT2D eigenvalue weighted by Gasteiger charge is -2.12. The van der Waals surface area contributed by atoms with Gasteiger partial charge in [0.2, 0.25) is 11.8 Å². The van der Waals surface area contributed by atoms with Crippen LogP contribution in [0.2, 0.25) is 0 Å². The molecule has 0 fully saturated rings. The Morgan fingerprint density at radius 3 is 2.38 bits per heavy atom. The molecular weight excluding hydrogens is 224 g/mol. The smallest absolute Gasteiger partial charge is 0.240 e. The summed E-state index contributed by atoms with van der Waals surface area (Å²) in [6.45, 7) is 2.15. The van der Waals surface area contributed by atoms with Gasteiger partial charge in [0, 0.05) is 12.2 Å². The Bertz CT molecular complexity index is 222. The van der Waals surface area contributed by atoms with Crippen molar-refractivity contribution in [2.24, 2.45) is 5.73 Å². The third-order valence-electron chi connectivity index (χ3n) is 2.37. The highest BCUT2D eigenvalue weighted by Gasteiger charge is 2.15. The summed E-state index contributed by atoms with van der Waals surface area (Å²) in [5.74, 6) is -0.402. The van der Waals surface area contributed by atoms with Gasteiger partial charge in [-0.25, -0.2) is 0 Å². The number of thiol groups is 1. The number of hydrogen-bond donors (Lipinski definition) is 3. The van der Waals surface area contributed by atoms with Crippen molar-refractivity contribution in [3.63, 3.8) is 0 Å². The Hall–Kier alpha value is -0.710. The molecule has 0 aliphatic rings. The number of carbonyl (C=O) groups is 2. The largest absolute Gasteiger partial charge is 0.368 e. The number of nitrogens with two attached hydrogens (primary N) is 1. The summed E-state index contributed by atoms with van der Waals surface area (Å²) in [5.41, 5.74) is 5.09. The maximum Gasteiger partial charge on any atom is 0.240 e. The van der Waals surface area contributed by atoms with Gasteiger partial charge in [-0.3, -0.25) is 9.59 Å². The summed E-state index contributed by atoms with van der Waals surface area (Å²) in [5, 5.41) is 2.57. The predicted octanol–water partition coefficient (Wildman–Crippen LogP) is 1.25. The fraction of sp³-hybridized carbons (Fsp3) is 0.818. The number of hydrogen-bond acceptors (Lipinski definition) is 3. The second kappa shape index (κ2) is 9.51. The van der Waals surface area contributed by atoms with E-state index in [1.165, 1.54) is 12.8 Å². The van der Waals surface area contributed by atoms with Crippen LogP contribution in [0.1, 0.15) is 45.4 Å². The van der Waals surface area contributed by atoms with Crippen molar-refractivity contribution in [3.8, 4) is 0 Å². The van der Waals surface area contributed by atoms with Crippen molar-refractivity contribution in [2.75, 3.05) is 5.75 Å². The minimum Gasteiger partial charge on any atom is -0.368 e. The summed E-state index contributed by atoms with van der Waals surface area (Å²) in [6, 6.07) is -0.647. The first-order valence-corrected chi connectivity index (χ1v) is 6.44. The Morgan fingerprint density at radius 1 is 1.25 bits per heavy atom. The van der Waals surface area contributed by atoms with Crippen molar-refractivity contribution >= 4 is 24.4 Å². The normalized spacial score (nSPS) is 12.1. The summed E-state index contributed by atoms with van der Waals surface area (Å²) in [6.07, 6.45) is 5.95. The molecule has 0 saturated heterocycles. The molecule has 0 rings (SSSR count). The van der Waals surface area contributed by atoms with Crippen LogP contribution in [-0.2, 0) is 9.59 Å². The van der Waals surface area contributed by atoms with Gasteiger partial charge < -0.3 is 11.1 Å². The molecule has 94 valence electrons. The van der Waals surface area contributed by atoms with E-state index in [2.05, 4.69) is 24.9 Å². The van der Waals surface area contributed by atoms with Gasteiger partial charge in [-0.1, -0.05) is 32.6 Å². The molecule has 0 aromatic heterocycles. The van der Waals surface area contributed by atoms with E-state index >= 15 is 0 Å². The van der Waals surface area contributed by atoms with Crippen LogP contribution in [0.3, 0.4) is 0 Å². The minimum absolute atomic E-state index is 0.116. The standard InChI is InChI=1S/C11H22N2O2S/c1-2-3-4-5-6-7-10(14)13-9(8-16)11(12)15/h9,16H,2-8H2,1H3,(H2,12,15)(H,13,14)/t9-/m0/s1. The van der Waals surface area contributed by atoms with Gasteiger partial charge in [0.05, 0.1) is 0 Å². The molecule has 0 unspecified atom stereocenters. The Kier molecular flexibility index (Phi) is 9.09. The van der Waals surface area contributed by atoms with E-state index in [0.717, 1.165) is 19.3 Å². The van der Waals surface area contributed by atoms with Crippen LogP contribution in [0.15, 0.2) is 0 Å². The van der Waals surface area contributed by atoms with E-state index in [0.29, 0.717) is 6.42 Å². The SMILES string of the molecule is CCCCCCCC(=O)N[C@@H](CS)C(N)=O. The molecule has 0 bridgehead atoms. The van der Waals surface area contributed by atoms with Crippen molar-refractivity contribution in [1.82, 2.24) is 5.32 Å². The quantitative estimate of drug-likeness (QED) is 0.423. The molecule has 5 heteroatoms. The molecule has 4 nitrogen and oxygen atoms in total. The molecule has 0 aromatic rings. The molecule has 0 aromatic carbocycles. The predicted molar refractivity (Wildman–Crippen MR) is 68.4 cm³/mol. The van der Waals surface area contributed by atoms with E-state index in [1.54, 1.807) is 0 Å². The van der Waals surface area contributed by atoms with E-state index in [9.17, 15) is 9.59 Å². The second-order valence-electron chi connectivity index (χ2n) is 3.87. The van der Waals surface area contributed by atoms with E-state index in [1.807, 2.05) is 0 Å². The van der Waals surface area contributed by atoms with Crippen LogP contribution in [0.5, 0.6) is 0 Å². The minimum atomic E-state index is -0.647. The number of nitrogens with one attached hydrogen (secondary N) is 1. The van der Waals surface area contributed by atoms with E-state index < -0.39 is 11.9 Å². The van der Waals surface area contributed by atoms with Crippen molar-refractivity contribution in [1.29, 1.82) is 0 Å². The molecule has 0 heterocycles. The van der Waals surface area contributed by atoms with Crippen molar-refractivity contribution in [3.05, 3.63) is 0 Å². The number of unbranched alkanes of at least 4 members (excludes halogenated alkanes) is 4. The molecule has 0 aliphatic carbocycles. The summed E-state index contributed by atoms with van der Waals surface area (Å²) >= 11 is 3.95. The first-order chi connectivity index (χ1) is 7.61. The molecule has 0 spiro atoms. The first-order valence-electron chi connectivity index (χ1n) is 5.81. The van der Waals surface area contributed by atoms with Crippen LogP contribution in [0.4, 0.5) is 0 Å². The first kappa shape index (κ1) is 15.3. The third-order valence-corrected chi connectivity index (χ3v) is 2.73. The maximum atomic E-state index is 11.4. The van der Waals surface area contributed by atoms with Gasteiger partial charge in [0.25, 0.3) is 0 Å². The lowest BCUT2D eigenvalue weighted by atomic mass is 10.1.